The van der Waals surface area contributed by atoms with Gasteiger partial charge in [0.1, 0.15) is 11.3 Å². The van der Waals surface area contributed by atoms with E-state index in [9.17, 15) is 0 Å². The molecule has 1 aliphatic rings. The lowest BCUT2D eigenvalue weighted by Gasteiger charge is -2.09. The highest BCUT2D eigenvalue weighted by Gasteiger charge is 2.20. The van der Waals surface area contributed by atoms with Crippen molar-refractivity contribution in [1.29, 1.82) is 0 Å². The smallest absolute Gasteiger partial charge is 0.258 e. The summed E-state index contributed by atoms with van der Waals surface area (Å²) in [7, 11) is 0. The first-order valence-corrected chi connectivity index (χ1v) is 10.1. The van der Waals surface area contributed by atoms with Crippen LogP contribution in [0.3, 0.4) is 0 Å². The van der Waals surface area contributed by atoms with Crippen molar-refractivity contribution in [3.63, 3.8) is 0 Å². The van der Waals surface area contributed by atoms with Gasteiger partial charge in [0.25, 0.3) is 5.89 Å². The SMILES string of the molecule is CC(C)Oc1ccc(-c2nc(-c3ccc4c(c3)nnn4C3CCCC3)no2)cc1. The second kappa shape index (κ2) is 7.31. The third-order valence-electron chi connectivity index (χ3n) is 5.30. The Morgan fingerprint density at radius 1 is 1.03 bits per heavy atom. The van der Waals surface area contributed by atoms with Gasteiger partial charge in [0.2, 0.25) is 5.82 Å². The van der Waals surface area contributed by atoms with E-state index in [-0.39, 0.29) is 6.10 Å². The van der Waals surface area contributed by atoms with Gasteiger partial charge in [-0.05, 0) is 69.2 Å². The summed E-state index contributed by atoms with van der Waals surface area (Å²) in [5.74, 6) is 1.84. The molecule has 5 rings (SSSR count). The van der Waals surface area contributed by atoms with Gasteiger partial charge >= 0.3 is 0 Å². The first kappa shape index (κ1) is 17.8. The summed E-state index contributed by atoms with van der Waals surface area (Å²) >= 11 is 0. The maximum Gasteiger partial charge on any atom is 0.258 e. The van der Waals surface area contributed by atoms with E-state index in [0.717, 1.165) is 27.9 Å². The highest BCUT2D eigenvalue weighted by molar-refractivity contribution is 5.80. The lowest BCUT2D eigenvalue weighted by Crippen LogP contribution is -2.06. The van der Waals surface area contributed by atoms with Crippen LogP contribution in [0.15, 0.2) is 47.0 Å². The number of rotatable bonds is 5. The number of ether oxygens (including phenoxy) is 1. The Kier molecular flexibility index (Phi) is 4.50. The van der Waals surface area contributed by atoms with Gasteiger partial charge in [-0.15, -0.1) is 5.10 Å². The van der Waals surface area contributed by atoms with Crippen LogP contribution in [0.4, 0.5) is 0 Å². The normalized spacial score (nSPS) is 14.9. The highest BCUT2D eigenvalue weighted by atomic mass is 16.5. The minimum absolute atomic E-state index is 0.136. The molecular weight excluding hydrogens is 366 g/mol. The fraction of sp³-hybridized carbons (Fsp3) is 0.364. The third-order valence-corrected chi connectivity index (χ3v) is 5.30. The van der Waals surface area contributed by atoms with Gasteiger partial charge in [-0.25, -0.2) is 4.68 Å². The summed E-state index contributed by atoms with van der Waals surface area (Å²) in [6.45, 7) is 4.00. The molecule has 1 fully saturated rings. The molecule has 29 heavy (non-hydrogen) atoms. The van der Waals surface area contributed by atoms with Gasteiger partial charge in [0.05, 0.1) is 17.7 Å². The molecule has 0 aliphatic heterocycles. The van der Waals surface area contributed by atoms with Crippen LogP contribution in [0.1, 0.15) is 45.6 Å². The summed E-state index contributed by atoms with van der Waals surface area (Å²) in [5.41, 5.74) is 3.64. The van der Waals surface area contributed by atoms with Gasteiger partial charge < -0.3 is 9.26 Å². The lowest BCUT2D eigenvalue weighted by atomic mass is 10.1. The predicted octanol–water partition coefficient (Wildman–Crippen LogP) is 5.05. The molecule has 2 heterocycles. The maximum atomic E-state index is 5.68. The van der Waals surface area contributed by atoms with Gasteiger partial charge in [0, 0.05) is 11.1 Å². The molecule has 2 aromatic heterocycles. The Morgan fingerprint density at radius 2 is 1.79 bits per heavy atom. The molecule has 0 spiro atoms. The molecule has 148 valence electrons. The second-order valence-electron chi connectivity index (χ2n) is 7.79. The van der Waals surface area contributed by atoms with Crippen molar-refractivity contribution in [2.75, 3.05) is 0 Å². The maximum absolute atomic E-state index is 5.68. The molecule has 1 saturated carbocycles. The average molecular weight is 389 g/mol. The van der Waals surface area contributed by atoms with E-state index >= 15 is 0 Å². The molecule has 4 aromatic rings. The first-order chi connectivity index (χ1) is 14.2. The second-order valence-corrected chi connectivity index (χ2v) is 7.79. The molecule has 0 unspecified atom stereocenters. The highest BCUT2D eigenvalue weighted by Crippen LogP contribution is 2.32. The Hall–Kier alpha value is -3.22. The van der Waals surface area contributed by atoms with Crippen molar-refractivity contribution in [2.45, 2.75) is 51.7 Å². The number of hydrogen-bond donors (Lipinski definition) is 0. The number of benzene rings is 2. The molecule has 0 bridgehead atoms. The summed E-state index contributed by atoms with van der Waals surface area (Å²) in [6, 6.07) is 14.2. The Bertz CT molecular complexity index is 1120. The molecule has 0 saturated heterocycles. The molecule has 0 amide bonds. The topological polar surface area (TPSA) is 78.9 Å². The van der Waals surface area contributed by atoms with E-state index in [1.165, 1.54) is 25.7 Å². The molecule has 2 aromatic carbocycles. The molecule has 7 heteroatoms. The van der Waals surface area contributed by atoms with E-state index in [2.05, 4.69) is 31.2 Å². The summed E-state index contributed by atoms with van der Waals surface area (Å²) in [5, 5.41) is 12.9. The van der Waals surface area contributed by atoms with Crippen LogP contribution in [0.2, 0.25) is 0 Å². The molecule has 0 radical (unpaired) electrons. The van der Waals surface area contributed by atoms with E-state index in [0.29, 0.717) is 17.8 Å². The zero-order valence-electron chi connectivity index (χ0n) is 16.6. The number of fused-ring (bicyclic) bond motifs is 1. The Labute approximate surface area is 168 Å². The fourth-order valence-corrected chi connectivity index (χ4v) is 3.91. The van der Waals surface area contributed by atoms with Gasteiger partial charge in [-0.2, -0.15) is 4.98 Å². The van der Waals surface area contributed by atoms with E-state index in [4.69, 9.17) is 9.26 Å². The third kappa shape index (κ3) is 3.48. The minimum atomic E-state index is 0.136. The van der Waals surface area contributed by atoms with E-state index in [1.54, 1.807) is 0 Å². The standard InChI is InChI=1S/C22H23N5O2/c1-14(2)28-18-10-7-15(8-11-18)22-23-21(25-29-22)16-9-12-20-19(13-16)24-26-27(20)17-5-3-4-6-17/h7-14,17H,3-6H2,1-2H3. The van der Waals surface area contributed by atoms with Crippen LogP contribution in [0.5, 0.6) is 5.75 Å². The van der Waals surface area contributed by atoms with Crippen LogP contribution in [-0.2, 0) is 0 Å². The zero-order chi connectivity index (χ0) is 19.8. The molecular formula is C22H23N5O2. The van der Waals surface area contributed by atoms with Crippen molar-refractivity contribution < 1.29 is 9.26 Å². The van der Waals surface area contributed by atoms with E-state index < -0.39 is 0 Å². The fourth-order valence-electron chi connectivity index (χ4n) is 3.91. The van der Waals surface area contributed by atoms with Crippen molar-refractivity contribution in [3.8, 4) is 28.6 Å². The van der Waals surface area contributed by atoms with Gasteiger partial charge in [-0.1, -0.05) is 23.2 Å². The van der Waals surface area contributed by atoms with Crippen LogP contribution in [0.25, 0.3) is 33.9 Å². The molecule has 0 N–H and O–H groups in total. The monoisotopic (exact) mass is 389 g/mol. The zero-order valence-corrected chi connectivity index (χ0v) is 16.6. The Balaban J connectivity index is 1.40. The van der Waals surface area contributed by atoms with Crippen LogP contribution >= 0.6 is 0 Å². The molecule has 0 atom stereocenters. The summed E-state index contributed by atoms with van der Waals surface area (Å²) in [4.78, 5) is 4.56. The van der Waals surface area contributed by atoms with Crippen molar-refractivity contribution >= 4 is 11.0 Å². The Morgan fingerprint density at radius 3 is 2.55 bits per heavy atom. The summed E-state index contributed by atoms with van der Waals surface area (Å²) < 4.78 is 13.2. The van der Waals surface area contributed by atoms with Crippen molar-refractivity contribution in [1.82, 2.24) is 25.1 Å². The van der Waals surface area contributed by atoms with Crippen molar-refractivity contribution in [3.05, 3.63) is 42.5 Å². The number of nitrogens with zero attached hydrogens (tertiary/aromatic N) is 5. The largest absolute Gasteiger partial charge is 0.491 e. The number of hydrogen-bond acceptors (Lipinski definition) is 6. The minimum Gasteiger partial charge on any atom is -0.491 e. The predicted molar refractivity (Wildman–Crippen MR) is 110 cm³/mol. The van der Waals surface area contributed by atoms with Gasteiger partial charge in [0.15, 0.2) is 0 Å². The van der Waals surface area contributed by atoms with E-state index in [1.807, 2.05) is 50.2 Å². The van der Waals surface area contributed by atoms with Crippen molar-refractivity contribution in [2.24, 2.45) is 0 Å². The van der Waals surface area contributed by atoms with Crippen LogP contribution in [0, 0.1) is 0 Å². The quantitative estimate of drug-likeness (QED) is 0.475. The van der Waals surface area contributed by atoms with Crippen LogP contribution in [-0.4, -0.2) is 31.2 Å². The van der Waals surface area contributed by atoms with Crippen LogP contribution < -0.4 is 4.74 Å². The van der Waals surface area contributed by atoms with Gasteiger partial charge in [-0.3, -0.25) is 0 Å². The number of aromatic nitrogens is 5. The summed E-state index contributed by atoms with van der Waals surface area (Å²) in [6.07, 6.45) is 5.02. The average Bonchev–Trinajstić information content (AvgIpc) is 3.47. The first-order valence-electron chi connectivity index (χ1n) is 10.1. The lowest BCUT2D eigenvalue weighted by molar-refractivity contribution is 0.242. The molecule has 7 nitrogen and oxygen atoms in total. The molecule has 1 aliphatic carbocycles.